The lowest BCUT2D eigenvalue weighted by molar-refractivity contribution is -0.122. The van der Waals surface area contributed by atoms with E-state index in [2.05, 4.69) is 5.32 Å². The number of hydrogen-bond acceptors (Lipinski definition) is 4. The number of hydrogen-bond donors (Lipinski definition) is 1. The Hall–Kier alpha value is -2.38. The van der Waals surface area contributed by atoms with E-state index in [9.17, 15) is 14.4 Å². The topological polar surface area (TPSA) is 82.3 Å². The molecule has 26 heavy (non-hydrogen) atoms. The van der Waals surface area contributed by atoms with Crippen LogP contribution >= 0.6 is 11.6 Å². The van der Waals surface area contributed by atoms with Gasteiger partial charge in [0.25, 0.3) is 5.56 Å². The molecule has 1 atom stereocenters. The number of carbonyl (C=O) groups is 1. The van der Waals surface area contributed by atoms with E-state index in [0.717, 1.165) is 23.0 Å². The average molecular weight is 378 g/mol. The van der Waals surface area contributed by atoms with Crippen LogP contribution in [0.3, 0.4) is 0 Å². The molecular weight excluding hydrogens is 358 g/mol. The summed E-state index contributed by atoms with van der Waals surface area (Å²) in [4.78, 5) is 36.7. The van der Waals surface area contributed by atoms with Crippen LogP contribution in [-0.4, -0.2) is 34.3 Å². The minimum atomic E-state index is -0.551. The first kappa shape index (κ1) is 18.4. The molecule has 1 aliphatic heterocycles. The Bertz CT molecular complexity index is 900. The molecule has 7 nitrogen and oxygen atoms in total. The zero-order chi connectivity index (χ0) is 18.5. The molecule has 3 rings (SSSR count). The number of benzene rings is 1. The zero-order valence-electron chi connectivity index (χ0n) is 14.2. The van der Waals surface area contributed by atoms with Crippen LogP contribution in [0.25, 0.3) is 0 Å². The molecule has 8 heteroatoms. The molecular formula is C18H20ClN3O4. The molecule has 0 radical (unpaired) electrons. The molecule has 0 unspecified atom stereocenters. The molecule has 1 aromatic heterocycles. The Labute approximate surface area is 155 Å². The number of carbonyl (C=O) groups excluding carboxylic acids is 1. The average Bonchev–Trinajstić information content (AvgIpc) is 3.14. The Balaban J connectivity index is 1.72. The first-order valence-corrected chi connectivity index (χ1v) is 8.84. The number of nitrogens with one attached hydrogen (secondary N) is 1. The van der Waals surface area contributed by atoms with Crippen molar-refractivity contribution in [2.75, 3.05) is 13.2 Å². The third-order valence-corrected chi connectivity index (χ3v) is 4.66. The minimum absolute atomic E-state index is 0.00308. The van der Waals surface area contributed by atoms with E-state index in [1.54, 1.807) is 18.2 Å². The van der Waals surface area contributed by atoms with E-state index in [0.29, 0.717) is 18.2 Å². The first-order valence-electron chi connectivity index (χ1n) is 8.46. The van der Waals surface area contributed by atoms with E-state index in [1.807, 2.05) is 6.07 Å². The van der Waals surface area contributed by atoms with Gasteiger partial charge in [0.2, 0.25) is 5.91 Å². The van der Waals surface area contributed by atoms with Crippen molar-refractivity contribution in [3.63, 3.8) is 0 Å². The third kappa shape index (κ3) is 4.42. The molecule has 1 N–H and O–H groups in total. The zero-order valence-corrected chi connectivity index (χ0v) is 14.9. The summed E-state index contributed by atoms with van der Waals surface area (Å²) in [7, 11) is 0. The van der Waals surface area contributed by atoms with Crippen molar-refractivity contribution in [3.05, 3.63) is 68.0 Å². The standard InChI is InChI=1S/C18H20ClN3O4/c19-15-6-2-1-4-13(15)11-21-8-7-17(24)22(18(21)25)12-16(23)20-10-14-5-3-9-26-14/h1-2,4,6-8,14H,3,5,9-12H2,(H,20,23)/t14-/m0/s1. The number of amides is 1. The molecule has 138 valence electrons. The minimum Gasteiger partial charge on any atom is -0.376 e. The summed E-state index contributed by atoms with van der Waals surface area (Å²) in [5.41, 5.74) is -0.313. The van der Waals surface area contributed by atoms with Gasteiger partial charge >= 0.3 is 5.69 Å². The summed E-state index contributed by atoms with van der Waals surface area (Å²) in [6, 6.07) is 8.43. The molecule has 0 aliphatic carbocycles. The lowest BCUT2D eigenvalue weighted by atomic mass is 10.2. The maximum atomic E-state index is 12.6. The van der Waals surface area contributed by atoms with Gasteiger partial charge in [-0.2, -0.15) is 0 Å². The van der Waals surface area contributed by atoms with Crippen LogP contribution in [0, 0.1) is 0 Å². The van der Waals surface area contributed by atoms with Crippen molar-refractivity contribution in [2.24, 2.45) is 0 Å². The van der Waals surface area contributed by atoms with Crippen LogP contribution in [0.1, 0.15) is 18.4 Å². The van der Waals surface area contributed by atoms with Crippen molar-refractivity contribution in [2.45, 2.75) is 32.0 Å². The number of ether oxygens (including phenoxy) is 1. The second kappa shape index (κ2) is 8.33. The summed E-state index contributed by atoms with van der Waals surface area (Å²) < 4.78 is 7.71. The lowest BCUT2D eigenvalue weighted by Crippen LogP contribution is -2.44. The fourth-order valence-electron chi connectivity index (χ4n) is 2.87. The molecule has 0 spiro atoms. The quantitative estimate of drug-likeness (QED) is 0.814. The maximum absolute atomic E-state index is 12.6. The van der Waals surface area contributed by atoms with Gasteiger partial charge in [0, 0.05) is 30.4 Å². The molecule has 1 fully saturated rings. The van der Waals surface area contributed by atoms with Gasteiger partial charge in [0.1, 0.15) is 6.54 Å². The summed E-state index contributed by atoms with van der Waals surface area (Å²) in [6.07, 6.45) is 3.29. The molecule has 0 bridgehead atoms. The number of rotatable bonds is 6. The fourth-order valence-corrected chi connectivity index (χ4v) is 3.06. The Kier molecular flexibility index (Phi) is 5.90. The van der Waals surface area contributed by atoms with Gasteiger partial charge in [0.05, 0.1) is 12.6 Å². The first-order chi connectivity index (χ1) is 12.5. The summed E-state index contributed by atoms with van der Waals surface area (Å²) in [6.45, 7) is 0.976. The van der Waals surface area contributed by atoms with Crippen LogP contribution in [0.4, 0.5) is 0 Å². The van der Waals surface area contributed by atoms with Gasteiger partial charge in [-0.25, -0.2) is 4.79 Å². The Morgan fingerprint density at radius 2 is 2.08 bits per heavy atom. The van der Waals surface area contributed by atoms with E-state index >= 15 is 0 Å². The van der Waals surface area contributed by atoms with Crippen LogP contribution in [0.15, 0.2) is 46.1 Å². The van der Waals surface area contributed by atoms with E-state index in [-0.39, 0.29) is 19.2 Å². The van der Waals surface area contributed by atoms with E-state index < -0.39 is 17.2 Å². The second-order valence-corrected chi connectivity index (χ2v) is 6.59. The van der Waals surface area contributed by atoms with Gasteiger partial charge in [-0.15, -0.1) is 0 Å². The van der Waals surface area contributed by atoms with Gasteiger partial charge in [-0.1, -0.05) is 29.8 Å². The van der Waals surface area contributed by atoms with Crippen LogP contribution in [0.5, 0.6) is 0 Å². The predicted molar refractivity (Wildman–Crippen MR) is 97.5 cm³/mol. The molecule has 1 saturated heterocycles. The van der Waals surface area contributed by atoms with Gasteiger partial charge in [-0.05, 0) is 24.5 Å². The SMILES string of the molecule is O=C(Cn1c(=O)ccn(Cc2ccccc2Cl)c1=O)NC[C@@H]1CCCO1. The summed E-state index contributed by atoms with van der Waals surface area (Å²) in [5.74, 6) is -0.393. The fraction of sp³-hybridized carbons (Fsp3) is 0.389. The number of halogens is 1. The van der Waals surface area contributed by atoms with E-state index in [1.165, 1.54) is 16.8 Å². The summed E-state index contributed by atoms with van der Waals surface area (Å²) in [5, 5.41) is 3.25. The van der Waals surface area contributed by atoms with Crippen molar-refractivity contribution in [1.82, 2.24) is 14.5 Å². The van der Waals surface area contributed by atoms with Gasteiger partial charge in [-0.3, -0.25) is 18.7 Å². The predicted octanol–water partition coefficient (Wildman–Crippen LogP) is 1.01. The second-order valence-electron chi connectivity index (χ2n) is 6.18. The monoisotopic (exact) mass is 377 g/mol. The summed E-state index contributed by atoms with van der Waals surface area (Å²) >= 11 is 6.13. The lowest BCUT2D eigenvalue weighted by Gasteiger charge is -2.13. The smallest absolute Gasteiger partial charge is 0.331 e. The van der Waals surface area contributed by atoms with Crippen molar-refractivity contribution in [3.8, 4) is 0 Å². The van der Waals surface area contributed by atoms with Crippen LogP contribution in [0.2, 0.25) is 5.02 Å². The number of nitrogens with zero attached hydrogens (tertiary/aromatic N) is 2. The highest BCUT2D eigenvalue weighted by Crippen LogP contribution is 2.15. The van der Waals surface area contributed by atoms with Gasteiger partial charge in [0.15, 0.2) is 0 Å². The highest BCUT2D eigenvalue weighted by molar-refractivity contribution is 6.31. The number of aromatic nitrogens is 2. The Morgan fingerprint density at radius 3 is 2.81 bits per heavy atom. The third-order valence-electron chi connectivity index (χ3n) is 4.29. The maximum Gasteiger partial charge on any atom is 0.331 e. The highest BCUT2D eigenvalue weighted by Gasteiger charge is 2.17. The van der Waals surface area contributed by atoms with Gasteiger partial charge < -0.3 is 10.1 Å². The van der Waals surface area contributed by atoms with Crippen molar-refractivity contribution in [1.29, 1.82) is 0 Å². The molecule has 2 heterocycles. The molecule has 0 saturated carbocycles. The van der Waals surface area contributed by atoms with Crippen LogP contribution < -0.4 is 16.6 Å². The molecule has 2 aromatic rings. The molecule has 1 aromatic carbocycles. The van der Waals surface area contributed by atoms with Crippen molar-refractivity contribution >= 4 is 17.5 Å². The largest absolute Gasteiger partial charge is 0.376 e. The van der Waals surface area contributed by atoms with E-state index in [4.69, 9.17) is 16.3 Å². The molecule has 1 aliphatic rings. The molecule has 1 amide bonds. The normalized spacial score (nSPS) is 16.6. The highest BCUT2D eigenvalue weighted by atomic mass is 35.5. The van der Waals surface area contributed by atoms with Crippen molar-refractivity contribution < 1.29 is 9.53 Å². The Morgan fingerprint density at radius 1 is 1.27 bits per heavy atom. The van der Waals surface area contributed by atoms with Crippen LogP contribution in [-0.2, 0) is 22.6 Å².